The minimum absolute atomic E-state index is 0.0659. The number of nitrogens with zero attached hydrogens (tertiary/aromatic N) is 1. The molecular weight excluding hydrogens is 233 g/mol. The van der Waals surface area contributed by atoms with Crippen LogP contribution in [0.25, 0.3) is 0 Å². The van der Waals surface area contributed by atoms with E-state index >= 15 is 0 Å². The molecule has 1 amide bonds. The molecule has 4 heteroatoms. The molecule has 2 rings (SSSR count). The highest BCUT2D eigenvalue weighted by Crippen LogP contribution is 2.18. The van der Waals surface area contributed by atoms with Crippen molar-refractivity contribution in [2.45, 2.75) is 25.9 Å². The molecule has 1 heterocycles. The van der Waals surface area contributed by atoms with E-state index < -0.39 is 5.82 Å². The molecule has 1 saturated heterocycles. The summed E-state index contributed by atoms with van der Waals surface area (Å²) in [6.45, 7) is 3.02. The predicted octanol–water partition coefficient (Wildman–Crippen LogP) is 2.39. The zero-order valence-corrected chi connectivity index (χ0v) is 10.8. The summed E-state index contributed by atoms with van der Waals surface area (Å²) in [5.41, 5.74) is 0.967. The number of rotatable bonds is 2. The van der Waals surface area contributed by atoms with Crippen molar-refractivity contribution in [3.63, 3.8) is 0 Å². The monoisotopic (exact) mass is 251 g/mol. The molecule has 1 atom stereocenters. The van der Waals surface area contributed by atoms with Crippen LogP contribution in [0.4, 0.5) is 4.39 Å². The maximum absolute atomic E-state index is 13.8. The number of hydrogen-bond acceptors (Lipinski definition) is 2. The van der Waals surface area contributed by atoms with Crippen LogP contribution in [-0.4, -0.2) is 37.1 Å². The Labute approximate surface area is 107 Å². The van der Waals surface area contributed by atoms with Gasteiger partial charge in [0, 0.05) is 20.2 Å². The number of piperidine rings is 1. The lowest BCUT2D eigenvalue weighted by Gasteiger charge is -2.32. The predicted molar refractivity (Wildman–Crippen MR) is 67.1 cm³/mol. The highest BCUT2D eigenvalue weighted by Gasteiger charge is 2.25. The highest BCUT2D eigenvalue weighted by atomic mass is 19.1. The summed E-state index contributed by atoms with van der Waals surface area (Å²) in [6.07, 6.45) is 1.92. The lowest BCUT2D eigenvalue weighted by atomic mass is 10.1. The van der Waals surface area contributed by atoms with Gasteiger partial charge in [0.15, 0.2) is 0 Å². The van der Waals surface area contributed by atoms with Gasteiger partial charge in [0.1, 0.15) is 5.82 Å². The average Bonchev–Trinajstić information content (AvgIpc) is 2.38. The standard InChI is InChI=1S/C14H18FNO2/c1-10-5-6-12(13(15)8-10)14(17)16-7-3-4-11(9-16)18-2/h5-6,8,11H,3-4,7,9H2,1-2H3. The third-order valence-corrected chi connectivity index (χ3v) is 3.35. The number of likely N-dealkylation sites (tertiary alicyclic amines) is 1. The van der Waals surface area contributed by atoms with Crippen molar-refractivity contribution in [3.05, 3.63) is 35.1 Å². The maximum Gasteiger partial charge on any atom is 0.256 e. The molecule has 0 spiro atoms. The van der Waals surface area contributed by atoms with E-state index in [1.165, 1.54) is 6.07 Å². The van der Waals surface area contributed by atoms with Crippen molar-refractivity contribution < 1.29 is 13.9 Å². The van der Waals surface area contributed by atoms with Gasteiger partial charge in [0.05, 0.1) is 11.7 Å². The van der Waals surface area contributed by atoms with Gasteiger partial charge in [0.2, 0.25) is 0 Å². The lowest BCUT2D eigenvalue weighted by molar-refractivity contribution is 0.0266. The second-order valence-corrected chi connectivity index (χ2v) is 4.73. The first-order valence-electron chi connectivity index (χ1n) is 6.20. The fourth-order valence-electron chi connectivity index (χ4n) is 2.28. The summed E-state index contributed by atoms with van der Waals surface area (Å²) in [5, 5.41) is 0. The third-order valence-electron chi connectivity index (χ3n) is 3.35. The summed E-state index contributed by atoms with van der Waals surface area (Å²) < 4.78 is 19.0. The van der Waals surface area contributed by atoms with Crippen molar-refractivity contribution in [2.75, 3.05) is 20.2 Å². The normalized spacial score (nSPS) is 19.9. The van der Waals surface area contributed by atoms with Crippen LogP contribution >= 0.6 is 0 Å². The highest BCUT2D eigenvalue weighted by molar-refractivity contribution is 5.94. The van der Waals surface area contributed by atoms with Crippen LogP contribution in [0.1, 0.15) is 28.8 Å². The minimum Gasteiger partial charge on any atom is -0.380 e. The fourth-order valence-corrected chi connectivity index (χ4v) is 2.28. The summed E-state index contributed by atoms with van der Waals surface area (Å²) in [4.78, 5) is 13.9. The molecule has 1 aliphatic rings. The first-order chi connectivity index (χ1) is 8.61. The molecule has 1 aliphatic heterocycles. The number of carbonyl (C=O) groups is 1. The van der Waals surface area contributed by atoms with Gasteiger partial charge >= 0.3 is 0 Å². The number of halogens is 1. The molecule has 1 aromatic rings. The Kier molecular flexibility index (Phi) is 3.97. The van der Waals surface area contributed by atoms with E-state index in [-0.39, 0.29) is 17.6 Å². The molecule has 3 nitrogen and oxygen atoms in total. The molecule has 18 heavy (non-hydrogen) atoms. The molecule has 1 aromatic carbocycles. The first-order valence-corrected chi connectivity index (χ1v) is 6.20. The van der Waals surface area contributed by atoms with Crippen LogP contribution in [-0.2, 0) is 4.74 Å². The zero-order chi connectivity index (χ0) is 13.1. The van der Waals surface area contributed by atoms with Crippen LogP contribution in [0.3, 0.4) is 0 Å². The van der Waals surface area contributed by atoms with E-state index in [0.29, 0.717) is 13.1 Å². The number of aryl methyl sites for hydroxylation is 1. The van der Waals surface area contributed by atoms with Crippen LogP contribution < -0.4 is 0 Å². The topological polar surface area (TPSA) is 29.5 Å². The van der Waals surface area contributed by atoms with Gasteiger partial charge in [-0.05, 0) is 37.5 Å². The quantitative estimate of drug-likeness (QED) is 0.807. The van der Waals surface area contributed by atoms with Gasteiger partial charge in [-0.25, -0.2) is 4.39 Å². The second-order valence-electron chi connectivity index (χ2n) is 4.73. The van der Waals surface area contributed by atoms with Gasteiger partial charge in [-0.3, -0.25) is 4.79 Å². The van der Waals surface area contributed by atoms with Crippen molar-refractivity contribution >= 4 is 5.91 Å². The lowest BCUT2D eigenvalue weighted by Crippen LogP contribution is -2.43. The largest absolute Gasteiger partial charge is 0.380 e. The number of ether oxygens (including phenoxy) is 1. The first kappa shape index (κ1) is 13.0. The fraction of sp³-hybridized carbons (Fsp3) is 0.500. The smallest absolute Gasteiger partial charge is 0.256 e. The Morgan fingerprint density at radius 1 is 1.50 bits per heavy atom. The molecule has 0 aliphatic carbocycles. The Morgan fingerprint density at radius 2 is 2.28 bits per heavy atom. The van der Waals surface area contributed by atoms with Gasteiger partial charge < -0.3 is 9.64 Å². The SMILES string of the molecule is COC1CCCN(C(=O)c2ccc(C)cc2F)C1. The number of carbonyl (C=O) groups excluding carboxylic acids is 1. The summed E-state index contributed by atoms with van der Waals surface area (Å²) in [6, 6.07) is 4.71. The number of hydrogen-bond donors (Lipinski definition) is 0. The third kappa shape index (κ3) is 2.70. The molecule has 0 saturated carbocycles. The molecule has 0 bridgehead atoms. The van der Waals surface area contributed by atoms with Crippen molar-refractivity contribution in [2.24, 2.45) is 0 Å². The van der Waals surface area contributed by atoms with Gasteiger partial charge in [-0.1, -0.05) is 6.07 Å². The Bertz CT molecular complexity index is 447. The van der Waals surface area contributed by atoms with E-state index in [9.17, 15) is 9.18 Å². The molecule has 0 N–H and O–H groups in total. The minimum atomic E-state index is -0.445. The van der Waals surface area contributed by atoms with Crippen LogP contribution in [0.5, 0.6) is 0 Å². The molecule has 1 unspecified atom stereocenters. The summed E-state index contributed by atoms with van der Waals surface area (Å²) in [5.74, 6) is -0.686. The van der Waals surface area contributed by atoms with Crippen LogP contribution in [0.2, 0.25) is 0 Å². The molecule has 98 valence electrons. The molecule has 1 fully saturated rings. The van der Waals surface area contributed by atoms with Gasteiger partial charge in [0.25, 0.3) is 5.91 Å². The van der Waals surface area contributed by atoms with E-state index in [1.807, 2.05) is 0 Å². The number of methoxy groups -OCH3 is 1. The van der Waals surface area contributed by atoms with Crippen molar-refractivity contribution in [3.8, 4) is 0 Å². The van der Waals surface area contributed by atoms with E-state index in [1.54, 1.807) is 31.1 Å². The van der Waals surface area contributed by atoms with E-state index in [4.69, 9.17) is 4.74 Å². The second kappa shape index (κ2) is 5.48. The Morgan fingerprint density at radius 3 is 2.94 bits per heavy atom. The number of benzene rings is 1. The van der Waals surface area contributed by atoms with E-state index in [0.717, 1.165) is 18.4 Å². The van der Waals surface area contributed by atoms with Crippen LogP contribution in [0, 0.1) is 12.7 Å². The summed E-state index contributed by atoms with van der Waals surface area (Å²) in [7, 11) is 1.64. The molecule has 0 aromatic heterocycles. The number of amides is 1. The van der Waals surface area contributed by atoms with Crippen molar-refractivity contribution in [1.82, 2.24) is 4.90 Å². The zero-order valence-electron chi connectivity index (χ0n) is 10.8. The Balaban J connectivity index is 2.15. The van der Waals surface area contributed by atoms with Crippen LogP contribution in [0.15, 0.2) is 18.2 Å². The molecule has 0 radical (unpaired) electrons. The maximum atomic E-state index is 13.8. The van der Waals surface area contributed by atoms with E-state index in [2.05, 4.69) is 0 Å². The Hall–Kier alpha value is -1.42. The van der Waals surface area contributed by atoms with Crippen molar-refractivity contribution in [1.29, 1.82) is 0 Å². The summed E-state index contributed by atoms with van der Waals surface area (Å²) >= 11 is 0. The molecular formula is C14H18FNO2. The van der Waals surface area contributed by atoms with Gasteiger partial charge in [-0.2, -0.15) is 0 Å². The van der Waals surface area contributed by atoms with Gasteiger partial charge in [-0.15, -0.1) is 0 Å². The average molecular weight is 251 g/mol.